The molecule has 9 heteroatoms. The van der Waals surface area contributed by atoms with Crippen LogP contribution in [0.15, 0.2) is 30.3 Å². The molecule has 1 aromatic heterocycles. The molecule has 1 saturated heterocycles. The van der Waals surface area contributed by atoms with Crippen LogP contribution in [0.4, 0.5) is 17.6 Å². The van der Waals surface area contributed by atoms with Crippen LogP contribution in [0.1, 0.15) is 11.3 Å². The SMILES string of the molecule is OCC(O)(c1cc2c(c(-c3ccc(F)cc3)n1)OCC21COC1)C(F)(F)F. The Morgan fingerprint density at radius 3 is 2.30 bits per heavy atom. The number of rotatable bonds is 3. The average Bonchev–Trinajstić information content (AvgIpc) is 3.00. The lowest BCUT2D eigenvalue weighted by molar-refractivity contribution is -0.279. The highest BCUT2D eigenvalue weighted by Crippen LogP contribution is 2.50. The molecule has 1 fully saturated rings. The van der Waals surface area contributed by atoms with Crippen molar-refractivity contribution in [1.29, 1.82) is 0 Å². The number of aliphatic hydroxyl groups excluding tert-OH is 1. The first-order valence-electron chi connectivity index (χ1n) is 8.13. The second-order valence-corrected chi connectivity index (χ2v) is 6.82. The number of pyridine rings is 1. The minimum atomic E-state index is -5.15. The molecule has 144 valence electrons. The van der Waals surface area contributed by atoms with Gasteiger partial charge in [0.25, 0.3) is 0 Å². The third-order valence-corrected chi connectivity index (χ3v) is 5.03. The summed E-state index contributed by atoms with van der Waals surface area (Å²) in [6.45, 7) is -0.869. The van der Waals surface area contributed by atoms with Crippen LogP contribution in [0.5, 0.6) is 5.75 Å². The molecular formula is C18H15F4NO4. The van der Waals surface area contributed by atoms with E-state index in [1.54, 1.807) is 0 Å². The van der Waals surface area contributed by atoms with Crippen molar-refractivity contribution in [2.45, 2.75) is 17.2 Å². The van der Waals surface area contributed by atoms with Crippen molar-refractivity contribution in [3.05, 3.63) is 47.4 Å². The summed E-state index contributed by atoms with van der Waals surface area (Å²) < 4.78 is 64.5. The van der Waals surface area contributed by atoms with Gasteiger partial charge in [0.15, 0.2) is 0 Å². The van der Waals surface area contributed by atoms with Gasteiger partial charge in [-0.15, -0.1) is 0 Å². The first kappa shape index (κ1) is 18.1. The maximum atomic E-state index is 13.5. The number of benzene rings is 1. The lowest BCUT2D eigenvalue weighted by Crippen LogP contribution is -2.49. The van der Waals surface area contributed by atoms with Gasteiger partial charge in [-0.05, 0) is 30.3 Å². The number of halogens is 4. The molecule has 0 radical (unpaired) electrons. The summed E-state index contributed by atoms with van der Waals surface area (Å²) in [7, 11) is 0. The standard InChI is InChI=1S/C18H15F4NO4/c19-11-3-1-10(2-4-11)14-15-12(16(9-27-15)7-26-8-16)5-13(23-14)17(25,6-24)18(20,21)22/h1-5,24-25H,6-9H2. The Balaban J connectivity index is 1.95. The van der Waals surface area contributed by atoms with E-state index < -0.39 is 35.3 Å². The molecule has 3 heterocycles. The summed E-state index contributed by atoms with van der Waals surface area (Å²) in [6.07, 6.45) is -5.15. The Bertz CT molecular complexity index is 880. The number of fused-ring (bicyclic) bond motifs is 2. The predicted octanol–water partition coefficient (Wildman–Crippen LogP) is 2.29. The van der Waals surface area contributed by atoms with E-state index in [1.165, 1.54) is 12.1 Å². The first-order valence-corrected chi connectivity index (χ1v) is 8.13. The van der Waals surface area contributed by atoms with Crippen LogP contribution >= 0.6 is 0 Å². The molecule has 1 aromatic carbocycles. The van der Waals surface area contributed by atoms with Gasteiger partial charge in [-0.3, -0.25) is 0 Å². The molecule has 5 nitrogen and oxygen atoms in total. The van der Waals surface area contributed by atoms with Crippen molar-refractivity contribution in [2.75, 3.05) is 26.4 Å². The van der Waals surface area contributed by atoms with Crippen LogP contribution in [-0.4, -0.2) is 47.8 Å². The quantitative estimate of drug-likeness (QED) is 0.794. The third-order valence-electron chi connectivity index (χ3n) is 5.03. The average molecular weight is 385 g/mol. The van der Waals surface area contributed by atoms with E-state index in [0.29, 0.717) is 11.1 Å². The molecule has 0 aliphatic carbocycles. The van der Waals surface area contributed by atoms with E-state index in [1.807, 2.05) is 0 Å². The summed E-state index contributed by atoms with van der Waals surface area (Å²) in [5, 5.41) is 19.5. The molecule has 2 aliphatic rings. The second kappa shape index (κ2) is 5.88. The summed E-state index contributed by atoms with van der Waals surface area (Å²) in [6, 6.07) is 6.13. The Morgan fingerprint density at radius 2 is 1.78 bits per heavy atom. The molecule has 2 aromatic rings. The molecule has 4 rings (SSSR count). The predicted molar refractivity (Wildman–Crippen MR) is 84.7 cm³/mol. The molecule has 0 saturated carbocycles. The fraction of sp³-hybridized carbons (Fsp3) is 0.389. The van der Waals surface area contributed by atoms with E-state index >= 15 is 0 Å². The Labute approximate surface area is 151 Å². The third kappa shape index (κ3) is 2.60. The van der Waals surface area contributed by atoms with Gasteiger partial charge in [0, 0.05) is 11.1 Å². The highest BCUT2D eigenvalue weighted by Gasteiger charge is 2.57. The van der Waals surface area contributed by atoms with Crippen molar-refractivity contribution < 1.29 is 37.2 Å². The Hall–Kier alpha value is -2.23. The van der Waals surface area contributed by atoms with E-state index in [-0.39, 0.29) is 31.3 Å². The van der Waals surface area contributed by atoms with E-state index in [0.717, 1.165) is 18.2 Å². The largest absolute Gasteiger partial charge is 0.490 e. The van der Waals surface area contributed by atoms with Gasteiger partial charge >= 0.3 is 6.18 Å². The van der Waals surface area contributed by atoms with Crippen molar-refractivity contribution in [3.63, 3.8) is 0 Å². The van der Waals surface area contributed by atoms with Crippen LogP contribution in [0.25, 0.3) is 11.3 Å². The van der Waals surface area contributed by atoms with E-state index in [2.05, 4.69) is 4.98 Å². The lowest BCUT2D eigenvalue weighted by atomic mass is 9.79. The molecule has 1 unspecified atom stereocenters. The molecule has 2 aliphatic heterocycles. The van der Waals surface area contributed by atoms with Gasteiger partial charge < -0.3 is 19.7 Å². The van der Waals surface area contributed by atoms with Gasteiger partial charge in [0.2, 0.25) is 5.60 Å². The number of ether oxygens (including phenoxy) is 2. The number of aliphatic hydroxyl groups is 2. The maximum Gasteiger partial charge on any atom is 0.425 e. The first-order chi connectivity index (χ1) is 12.7. The molecule has 1 spiro atoms. The van der Waals surface area contributed by atoms with Gasteiger partial charge in [0.1, 0.15) is 23.9 Å². The smallest absolute Gasteiger partial charge is 0.425 e. The highest BCUT2D eigenvalue weighted by atomic mass is 19.4. The Morgan fingerprint density at radius 1 is 1.11 bits per heavy atom. The van der Waals surface area contributed by atoms with Gasteiger partial charge in [-0.2, -0.15) is 13.2 Å². The summed E-state index contributed by atoms with van der Waals surface area (Å²) in [5.74, 6) is -0.241. The lowest BCUT2D eigenvalue weighted by Gasteiger charge is -2.37. The van der Waals surface area contributed by atoms with Gasteiger partial charge in [-0.25, -0.2) is 9.37 Å². The number of hydrogen-bond donors (Lipinski definition) is 2. The molecule has 1 atom stereocenters. The minimum absolute atomic E-state index is 0.0439. The van der Waals surface area contributed by atoms with Crippen LogP contribution in [0.2, 0.25) is 0 Å². The number of aromatic nitrogens is 1. The molecule has 27 heavy (non-hydrogen) atoms. The Kier molecular flexibility index (Phi) is 3.95. The maximum absolute atomic E-state index is 13.5. The fourth-order valence-electron chi connectivity index (χ4n) is 3.28. The number of alkyl halides is 3. The van der Waals surface area contributed by atoms with Crippen LogP contribution in [0, 0.1) is 5.82 Å². The van der Waals surface area contributed by atoms with E-state index in [4.69, 9.17) is 9.47 Å². The van der Waals surface area contributed by atoms with Gasteiger partial charge in [-0.1, -0.05) is 0 Å². The number of hydrogen-bond acceptors (Lipinski definition) is 5. The zero-order chi connectivity index (χ0) is 19.4. The summed E-state index contributed by atoms with van der Waals surface area (Å²) >= 11 is 0. The minimum Gasteiger partial charge on any atom is -0.490 e. The van der Waals surface area contributed by atoms with Crippen LogP contribution < -0.4 is 4.74 Å². The van der Waals surface area contributed by atoms with Crippen molar-refractivity contribution in [1.82, 2.24) is 4.98 Å². The normalized spacial score (nSPS) is 19.9. The highest BCUT2D eigenvalue weighted by molar-refractivity contribution is 5.71. The topological polar surface area (TPSA) is 71.8 Å². The van der Waals surface area contributed by atoms with Crippen molar-refractivity contribution in [2.24, 2.45) is 0 Å². The molecule has 0 bridgehead atoms. The molecule has 2 N–H and O–H groups in total. The van der Waals surface area contributed by atoms with Crippen LogP contribution in [-0.2, 0) is 15.8 Å². The van der Waals surface area contributed by atoms with Crippen LogP contribution in [0.3, 0.4) is 0 Å². The molecule has 0 amide bonds. The van der Waals surface area contributed by atoms with Gasteiger partial charge in [0.05, 0.1) is 30.9 Å². The molecular weight excluding hydrogens is 370 g/mol. The summed E-state index contributed by atoms with van der Waals surface area (Å²) in [5.41, 5.74) is -4.10. The monoisotopic (exact) mass is 385 g/mol. The van der Waals surface area contributed by atoms with Crippen molar-refractivity contribution in [3.8, 4) is 17.0 Å². The van der Waals surface area contributed by atoms with E-state index in [9.17, 15) is 27.8 Å². The van der Waals surface area contributed by atoms with Crippen molar-refractivity contribution >= 4 is 0 Å². The zero-order valence-electron chi connectivity index (χ0n) is 13.9. The summed E-state index contributed by atoms with van der Waals surface area (Å²) in [4.78, 5) is 3.96. The zero-order valence-corrected chi connectivity index (χ0v) is 13.9. The number of nitrogens with zero attached hydrogens (tertiary/aromatic N) is 1. The second-order valence-electron chi connectivity index (χ2n) is 6.82. The fourth-order valence-corrected chi connectivity index (χ4v) is 3.28.